The maximum absolute atomic E-state index is 6.25. The summed E-state index contributed by atoms with van der Waals surface area (Å²) in [5, 5.41) is 5.70. The Labute approximate surface area is 174 Å². The minimum atomic E-state index is 0.0803. The third-order valence-corrected chi connectivity index (χ3v) is 5.88. The van der Waals surface area contributed by atoms with Crippen LogP contribution in [0.1, 0.15) is 13.8 Å². The van der Waals surface area contributed by atoms with Crippen molar-refractivity contribution in [3.05, 3.63) is 36.7 Å². The van der Waals surface area contributed by atoms with E-state index in [0.717, 1.165) is 35.7 Å². The van der Waals surface area contributed by atoms with Crippen LogP contribution in [0.5, 0.6) is 0 Å². The number of nitrogens with one attached hydrogen (secondary N) is 1. The largest absolute Gasteiger partial charge is 0.397 e. The molecule has 0 atom stereocenters. The second-order valence-electron chi connectivity index (χ2n) is 7.26. The maximum Gasteiger partial charge on any atom is 0.228 e. The number of nitrogens with two attached hydrogens (primary N) is 2. The van der Waals surface area contributed by atoms with Crippen LogP contribution < -0.4 is 26.8 Å². The zero-order valence-corrected chi connectivity index (χ0v) is 17.5. The van der Waals surface area contributed by atoms with E-state index >= 15 is 0 Å². The summed E-state index contributed by atoms with van der Waals surface area (Å²) < 4.78 is 0. The third kappa shape index (κ3) is 4.15. The Balaban J connectivity index is 1.60. The van der Waals surface area contributed by atoms with Gasteiger partial charge in [0, 0.05) is 42.2 Å². The highest BCUT2D eigenvalue weighted by Gasteiger charge is 2.16. The maximum atomic E-state index is 6.25. The highest BCUT2D eigenvalue weighted by molar-refractivity contribution is 7.99. The van der Waals surface area contributed by atoms with Crippen molar-refractivity contribution in [3.8, 4) is 0 Å². The first-order valence-electron chi connectivity index (χ1n) is 9.68. The summed E-state index contributed by atoms with van der Waals surface area (Å²) in [7, 11) is 0. The fourth-order valence-corrected chi connectivity index (χ4v) is 4.17. The third-order valence-electron chi connectivity index (χ3n) is 4.94. The molecule has 4 rings (SSSR count). The topological polar surface area (TPSA) is 109 Å². The number of pyridine rings is 1. The lowest BCUT2D eigenvalue weighted by Crippen LogP contribution is -2.38. The highest BCUT2D eigenvalue weighted by Crippen LogP contribution is 2.31. The molecule has 5 N–H and O–H groups in total. The molecule has 0 unspecified atom stereocenters. The first kappa shape index (κ1) is 19.5. The SMILES string of the molecule is CC(C)N(N)c1c(N)ccc2cnc(Nc3ccc(N4CCSCC4)cn3)nc12. The lowest BCUT2D eigenvalue weighted by molar-refractivity contribution is 0.714. The van der Waals surface area contributed by atoms with Gasteiger partial charge in [-0.2, -0.15) is 11.8 Å². The van der Waals surface area contributed by atoms with Crippen LogP contribution in [0.2, 0.25) is 0 Å². The normalized spacial score (nSPS) is 14.4. The van der Waals surface area contributed by atoms with Crippen LogP contribution in [0.15, 0.2) is 36.7 Å². The fraction of sp³-hybridized carbons (Fsp3) is 0.350. The highest BCUT2D eigenvalue weighted by atomic mass is 32.2. The molecule has 1 fully saturated rings. The Morgan fingerprint density at radius 3 is 2.59 bits per heavy atom. The number of hydrogen-bond donors (Lipinski definition) is 3. The van der Waals surface area contributed by atoms with Gasteiger partial charge in [-0.15, -0.1) is 0 Å². The van der Waals surface area contributed by atoms with Gasteiger partial charge in [-0.25, -0.2) is 20.8 Å². The smallest absolute Gasteiger partial charge is 0.228 e. The number of anilines is 5. The van der Waals surface area contributed by atoms with E-state index in [1.165, 1.54) is 0 Å². The van der Waals surface area contributed by atoms with E-state index in [-0.39, 0.29) is 6.04 Å². The number of hydrogen-bond acceptors (Lipinski definition) is 9. The molecule has 1 saturated heterocycles. The molecular weight excluding hydrogens is 384 g/mol. The summed E-state index contributed by atoms with van der Waals surface area (Å²) in [4.78, 5) is 16.0. The molecule has 1 aliphatic heterocycles. The van der Waals surface area contributed by atoms with Gasteiger partial charge in [0.25, 0.3) is 0 Å². The quantitative estimate of drug-likeness (QED) is 0.332. The van der Waals surface area contributed by atoms with Gasteiger partial charge in [0.1, 0.15) is 17.0 Å². The Kier molecular flexibility index (Phi) is 5.59. The van der Waals surface area contributed by atoms with Gasteiger partial charge in [0.15, 0.2) is 0 Å². The summed E-state index contributed by atoms with van der Waals surface area (Å²) in [6.45, 7) is 6.13. The second kappa shape index (κ2) is 8.30. The average Bonchev–Trinajstić information content (AvgIpc) is 2.74. The van der Waals surface area contributed by atoms with E-state index in [4.69, 9.17) is 11.6 Å². The zero-order chi connectivity index (χ0) is 20.4. The number of fused-ring (bicyclic) bond motifs is 1. The van der Waals surface area contributed by atoms with E-state index in [1.807, 2.05) is 50.0 Å². The van der Waals surface area contributed by atoms with Gasteiger partial charge in [-0.05, 0) is 38.1 Å². The molecule has 152 valence electrons. The lowest BCUT2D eigenvalue weighted by atomic mass is 10.1. The minimum absolute atomic E-state index is 0.0803. The Hall–Kier alpha value is -2.78. The molecule has 2 aromatic heterocycles. The van der Waals surface area contributed by atoms with Crippen LogP contribution in [0.25, 0.3) is 10.9 Å². The number of rotatable bonds is 5. The van der Waals surface area contributed by atoms with Crippen molar-refractivity contribution in [2.75, 3.05) is 45.6 Å². The van der Waals surface area contributed by atoms with Crippen LogP contribution in [0, 0.1) is 0 Å². The number of thioether (sulfide) groups is 1. The number of nitrogens with zero attached hydrogens (tertiary/aromatic N) is 5. The van der Waals surface area contributed by atoms with Crippen LogP contribution in [0.4, 0.5) is 28.8 Å². The van der Waals surface area contributed by atoms with Crippen molar-refractivity contribution < 1.29 is 0 Å². The molecular formula is C20H26N8S. The van der Waals surface area contributed by atoms with Crippen LogP contribution in [-0.2, 0) is 0 Å². The van der Waals surface area contributed by atoms with E-state index in [9.17, 15) is 0 Å². The number of nitrogen functional groups attached to an aromatic ring is 1. The number of aromatic nitrogens is 3. The zero-order valence-electron chi connectivity index (χ0n) is 16.7. The molecule has 1 aliphatic rings. The van der Waals surface area contributed by atoms with Gasteiger partial charge in [0.2, 0.25) is 5.95 Å². The second-order valence-corrected chi connectivity index (χ2v) is 8.49. The molecule has 0 saturated carbocycles. The molecule has 3 heterocycles. The molecule has 0 aliphatic carbocycles. The van der Waals surface area contributed by atoms with Gasteiger partial charge in [-0.1, -0.05) is 0 Å². The van der Waals surface area contributed by atoms with Gasteiger partial charge >= 0.3 is 0 Å². The number of hydrazine groups is 1. The van der Waals surface area contributed by atoms with Crippen molar-refractivity contribution in [1.29, 1.82) is 0 Å². The predicted octanol–water partition coefficient (Wildman–Crippen LogP) is 2.99. The van der Waals surface area contributed by atoms with Crippen molar-refractivity contribution in [2.45, 2.75) is 19.9 Å². The van der Waals surface area contributed by atoms with Gasteiger partial charge < -0.3 is 21.0 Å². The van der Waals surface area contributed by atoms with Crippen molar-refractivity contribution in [2.24, 2.45) is 5.84 Å². The predicted molar refractivity (Wildman–Crippen MR) is 123 cm³/mol. The first-order chi connectivity index (χ1) is 14.0. The summed E-state index contributed by atoms with van der Waals surface area (Å²) >= 11 is 1.99. The standard InChI is InChI=1S/C20H26N8S/c1-13(2)28(22)19-16(21)5-3-14-11-24-20(26-18(14)19)25-17-6-4-15(12-23-17)27-7-9-29-10-8-27/h3-6,11-13H,7-10,21-22H2,1-2H3,(H,23,24,25,26). The van der Waals surface area contributed by atoms with Crippen molar-refractivity contribution >= 4 is 51.5 Å². The minimum Gasteiger partial charge on any atom is -0.397 e. The number of benzene rings is 1. The van der Waals surface area contributed by atoms with E-state index in [2.05, 4.69) is 31.2 Å². The van der Waals surface area contributed by atoms with Gasteiger partial charge in [-0.3, -0.25) is 0 Å². The molecule has 1 aromatic carbocycles. The van der Waals surface area contributed by atoms with Crippen LogP contribution in [-0.4, -0.2) is 45.6 Å². The molecule has 0 amide bonds. The lowest BCUT2D eigenvalue weighted by Gasteiger charge is -2.28. The molecule has 0 bridgehead atoms. The average molecular weight is 411 g/mol. The summed E-state index contributed by atoms with van der Waals surface area (Å²) in [5.74, 6) is 9.71. The Morgan fingerprint density at radius 1 is 1.10 bits per heavy atom. The van der Waals surface area contributed by atoms with Crippen molar-refractivity contribution in [1.82, 2.24) is 15.0 Å². The molecule has 0 spiro atoms. The van der Waals surface area contributed by atoms with E-state index < -0.39 is 0 Å². The monoisotopic (exact) mass is 410 g/mol. The molecule has 3 aromatic rings. The summed E-state index contributed by atoms with van der Waals surface area (Å²) in [6.07, 6.45) is 3.66. The molecule has 0 radical (unpaired) electrons. The van der Waals surface area contributed by atoms with Crippen molar-refractivity contribution in [3.63, 3.8) is 0 Å². The molecule has 29 heavy (non-hydrogen) atoms. The molecule has 9 heteroatoms. The molecule has 8 nitrogen and oxygen atoms in total. The van der Waals surface area contributed by atoms with E-state index in [1.54, 1.807) is 11.2 Å². The Morgan fingerprint density at radius 2 is 1.90 bits per heavy atom. The fourth-order valence-electron chi connectivity index (χ4n) is 3.27. The summed E-state index contributed by atoms with van der Waals surface area (Å²) in [5.41, 5.74) is 9.33. The van der Waals surface area contributed by atoms with Crippen LogP contribution >= 0.6 is 11.8 Å². The van der Waals surface area contributed by atoms with Crippen LogP contribution in [0.3, 0.4) is 0 Å². The summed E-state index contributed by atoms with van der Waals surface area (Å²) in [6, 6.07) is 7.84. The Bertz CT molecular complexity index is 986. The van der Waals surface area contributed by atoms with Gasteiger partial charge in [0.05, 0.1) is 17.6 Å². The van der Waals surface area contributed by atoms with E-state index in [0.29, 0.717) is 28.7 Å². The first-order valence-corrected chi connectivity index (χ1v) is 10.8.